The van der Waals surface area contributed by atoms with Gasteiger partial charge in [0.2, 0.25) is 5.78 Å². The Labute approximate surface area is 280 Å². The molecule has 0 unspecified atom stereocenters. The molecule has 45 heavy (non-hydrogen) atoms. The van der Waals surface area contributed by atoms with Crippen LogP contribution < -0.4 is 10.6 Å². The first-order valence-corrected chi connectivity index (χ1v) is 19.8. The summed E-state index contributed by atoms with van der Waals surface area (Å²) in [7, 11) is 1.85. The average molecular weight is 632 g/mol. The van der Waals surface area contributed by atoms with Gasteiger partial charge in [0.05, 0.1) is 5.70 Å². The van der Waals surface area contributed by atoms with Crippen molar-refractivity contribution < 1.29 is 9.90 Å². The highest BCUT2D eigenvalue weighted by Gasteiger charge is 2.30. The van der Waals surface area contributed by atoms with E-state index in [9.17, 15) is 4.79 Å². The van der Waals surface area contributed by atoms with Crippen molar-refractivity contribution in [2.75, 3.05) is 39.8 Å². The Balaban J connectivity index is 2.33. The number of hydrogen-bond donors (Lipinski definition) is 3. The summed E-state index contributed by atoms with van der Waals surface area (Å²) >= 11 is 0. The van der Waals surface area contributed by atoms with Gasteiger partial charge in [0.15, 0.2) is 0 Å². The maximum atomic E-state index is 12.1. The molecule has 0 aliphatic heterocycles. The molecule has 0 radical (unpaired) electrons. The molecule has 0 aromatic carbocycles. The Kier molecular flexibility index (Phi) is 27.8. The van der Waals surface area contributed by atoms with Crippen LogP contribution in [0.1, 0.15) is 181 Å². The second-order valence-electron chi connectivity index (χ2n) is 14.0. The fraction of sp³-hybridized carbons (Fsp3) is 0.875. The predicted molar refractivity (Wildman–Crippen MR) is 197 cm³/mol. The number of likely N-dealkylation sites (N-methyl/N-ethyl adjacent to an activating group) is 1. The second-order valence-corrected chi connectivity index (χ2v) is 14.0. The lowest BCUT2D eigenvalue weighted by Gasteiger charge is -2.26. The Morgan fingerprint density at radius 3 is 1.49 bits per heavy atom. The summed E-state index contributed by atoms with van der Waals surface area (Å²) in [5.74, 6) is 1.02. The van der Waals surface area contributed by atoms with E-state index in [1.165, 1.54) is 154 Å². The van der Waals surface area contributed by atoms with Gasteiger partial charge >= 0.3 is 0 Å². The van der Waals surface area contributed by atoms with Crippen molar-refractivity contribution in [3.05, 3.63) is 23.5 Å². The molecule has 0 aromatic rings. The van der Waals surface area contributed by atoms with Gasteiger partial charge in [-0.05, 0) is 51.2 Å². The standard InChI is InChI=1S/C40H77N3O2/c1-5-7-9-11-15-21-28-37(29-22-16-12-10-8-6-2)30-23-17-13-18-24-32-43(33-25-19-14-20-26-35-44)34-27-31-42-39-38(41-4)36(3)40(39)45/h37,41-42,44H,3,5-35H2,1-2,4H3. The molecule has 1 aliphatic rings. The largest absolute Gasteiger partial charge is 0.396 e. The number of allylic oxidation sites excluding steroid dienone is 2. The number of hydrogen-bond acceptors (Lipinski definition) is 5. The van der Waals surface area contributed by atoms with E-state index in [1.54, 1.807) is 0 Å². The quantitative estimate of drug-likeness (QED) is 0.0480. The predicted octanol–water partition coefficient (Wildman–Crippen LogP) is 10.2. The SMILES string of the molecule is C=C1C(=O)C(NCCCN(CCCCCCCO)CCCCCCCC(CCCCCCCC)CCCCCCCC)=C1NC. The summed E-state index contributed by atoms with van der Waals surface area (Å²) in [6.45, 7) is 13.0. The third-order valence-corrected chi connectivity index (χ3v) is 9.91. The maximum Gasteiger partial charge on any atom is 0.212 e. The monoisotopic (exact) mass is 632 g/mol. The lowest BCUT2D eigenvalue weighted by molar-refractivity contribution is -0.113. The van der Waals surface area contributed by atoms with E-state index in [4.69, 9.17) is 5.11 Å². The molecule has 0 saturated heterocycles. The van der Waals surface area contributed by atoms with Gasteiger partial charge in [0.25, 0.3) is 0 Å². The fourth-order valence-electron chi connectivity index (χ4n) is 6.90. The minimum Gasteiger partial charge on any atom is -0.396 e. The van der Waals surface area contributed by atoms with Gasteiger partial charge < -0.3 is 20.6 Å². The Hall–Kier alpha value is -1.33. The van der Waals surface area contributed by atoms with Crippen molar-refractivity contribution in [1.82, 2.24) is 15.5 Å². The minimum absolute atomic E-state index is 0.0511. The molecule has 3 N–H and O–H groups in total. The van der Waals surface area contributed by atoms with E-state index in [2.05, 4.69) is 36.0 Å². The molecule has 0 spiro atoms. The lowest BCUT2D eigenvalue weighted by atomic mass is 9.89. The number of carbonyl (C=O) groups is 1. The third kappa shape index (κ3) is 21.2. The van der Waals surface area contributed by atoms with E-state index in [1.807, 2.05) is 7.05 Å². The second kappa shape index (κ2) is 30.0. The molecule has 1 aliphatic carbocycles. The Morgan fingerprint density at radius 1 is 0.600 bits per heavy atom. The Morgan fingerprint density at radius 2 is 1.02 bits per heavy atom. The van der Waals surface area contributed by atoms with Gasteiger partial charge in [-0.2, -0.15) is 0 Å². The number of unbranched alkanes of at least 4 members (excludes halogenated alkanes) is 18. The van der Waals surface area contributed by atoms with E-state index < -0.39 is 0 Å². The first-order chi connectivity index (χ1) is 22.1. The van der Waals surface area contributed by atoms with Crippen LogP contribution >= 0.6 is 0 Å². The highest BCUT2D eigenvalue weighted by Crippen LogP contribution is 2.25. The van der Waals surface area contributed by atoms with Crippen LogP contribution in [0.25, 0.3) is 0 Å². The molecule has 1 rings (SSSR count). The first-order valence-electron chi connectivity index (χ1n) is 19.8. The van der Waals surface area contributed by atoms with Crippen LogP contribution in [0.2, 0.25) is 0 Å². The van der Waals surface area contributed by atoms with Crippen LogP contribution in [0, 0.1) is 5.92 Å². The molecule has 0 heterocycles. The van der Waals surface area contributed by atoms with Crippen LogP contribution in [0.5, 0.6) is 0 Å². The zero-order valence-corrected chi connectivity index (χ0v) is 30.5. The van der Waals surface area contributed by atoms with Crippen molar-refractivity contribution >= 4 is 5.78 Å². The number of carbonyl (C=O) groups excluding carboxylic acids is 1. The number of rotatable bonds is 35. The van der Waals surface area contributed by atoms with Crippen LogP contribution in [-0.2, 0) is 4.79 Å². The van der Waals surface area contributed by atoms with Crippen LogP contribution in [0.3, 0.4) is 0 Å². The molecule has 5 nitrogen and oxygen atoms in total. The number of ketones is 1. The summed E-state index contributed by atoms with van der Waals surface area (Å²) in [6, 6.07) is 0. The molecular formula is C40H77N3O2. The molecule has 0 amide bonds. The summed E-state index contributed by atoms with van der Waals surface area (Å²) < 4.78 is 0. The topological polar surface area (TPSA) is 64.6 Å². The molecule has 5 heteroatoms. The molecule has 0 bridgehead atoms. The minimum atomic E-state index is 0.0511. The van der Waals surface area contributed by atoms with E-state index in [0.29, 0.717) is 17.9 Å². The Bertz CT molecular complexity index is 734. The van der Waals surface area contributed by atoms with Crippen molar-refractivity contribution in [3.8, 4) is 0 Å². The van der Waals surface area contributed by atoms with Crippen molar-refractivity contribution in [1.29, 1.82) is 0 Å². The molecule has 0 fully saturated rings. The summed E-state index contributed by atoms with van der Waals surface area (Å²) in [5, 5.41) is 15.5. The first kappa shape index (κ1) is 41.7. The molecular weight excluding hydrogens is 554 g/mol. The molecule has 264 valence electrons. The van der Waals surface area contributed by atoms with Gasteiger partial charge in [0, 0.05) is 25.8 Å². The zero-order valence-electron chi connectivity index (χ0n) is 30.5. The number of Topliss-reactive ketones (excluding diaryl/α,β-unsaturated/α-hetero) is 1. The fourth-order valence-corrected chi connectivity index (χ4v) is 6.90. The van der Waals surface area contributed by atoms with Gasteiger partial charge in [-0.25, -0.2) is 0 Å². The van der Waals surface area contributed by atoms with Crippen molar-refractivity contribution in [2.45, 2.75) is 181 Å². The number of aliphatic hydroxyl groups is 1. The summed E-state index contributed by atoms with van der Waals surface area (Å²) in [5.41, 5.74) is 2.17. The summed E-state index contributed by atoms with van der Waals surface area (Å²) in [4.78, 5) is 14.7. The molecule has 0 aromatic heterocycles. The lowest BCUT2D eigenvalue weighted by Crippen LogP contribution is -2.38. The van der Waals surface area contributed by atoms with Gasteiger partial charge in [-0.15, -0.1) is 0 Å². The van der Waals surface area contributed by atoms with Gasteiger partial charge in [-0.1, -0.05) is 162 Å². The molecule has 0 atom stereocenters. The summed E-state index contributed by atoms with van der Waals surface area (Å²) in [6.07, 6.45) is 35.2. The van der Waals surface area contributed by atoms with Crippen molar-refractivity contribution in [3.63, 3.8) is 0 Å². The highest BCUT2D eigenvalue weighted by molar-refractivity contribution is 6.18. The molecule has 0 saturated carbocycles. The van der Waals surface area contributed by atoms with Gasteiger partial charge in [-0.3, -0.25) is 4.79 Å². The van der Waals surface area contributed by atoms with Gasteiger partial charge in [0.1, 0.15) is 5.70 Å². The maximum absolute atomic E-state index is 12.1. The van der Waals surface area contributed by atoms with Crippen LogP contribution in [0.15, 0.2) is 23.5 Å². The smallest absolute Gasteiger partial charge is 0.212 e. The third-order valence-electron chi connectivity index (χ3n) is 9.91. The van der Waals surface area contributed by atoms with E-state index in [0.717, 1.165) is 50.5 Å². The van der Waals surface area contributed by atoms with Crippen LogP contribution in [-0.4, -0.2) is 55.6 Å². The normalized spacial score (nSPS) is 13.4. The number of nitrogens with zero attached hydrogens (tertiary/aromatic N) is 1. The van der Waals surface area contributed by atoms with E-state index in [-0.39, 0.29) is 5.78 Å². The number of aliphatic hydroxyl groups excluding tert-OH is 1. The number of nitrogens with one attached hydrogen (secondary N) is 2. The van der Waals surface area contributed by atoms with Crippen LogP contribution in [0.4, 0.5) is 0 Å². The average Bonchev–Trinajstić information content (AvgIpc) is 3.05. The zero-order chi connectivity index (χ0) is 32.8. The van der Waals surface area contributed by atoms with Crippen molar-refractivity contribution in [2.24, 2.45) is 5.92 Å². The van der Waals surface area contributed by atoms with E-state index >= 15 is 0 Å². The highest BCUT2D eigenvalue weighted by atomic mass is 16.2.